The quantitative estimate of drug-likeness (QED) is 0.912. The first-order valence-electron chi connectivity index (χ1n) is 7.84. The van der Waals surface area contributed by atoms with Crippen LogP contribution in [-0.4, -0.2) is 36.2 Å². The summed E-state index contributed by atoms with van der Waals surface area (Å²) in [5.41, 5.74) is 1.09. The van der Waals surface area contributed by atoms with Crippen molar-refractivity contribution in [1.82, 2.24) is 15.3 Å². The van der Waals surface area contributed by atoms with E-state index in [0.29, 0.717) is 6.04 Å². The molecule has 23 heavy (non-hydrogen) atoms. The van der Waals surface area contributed by atoms with Crippen LogP contribution < -0.4 is 15.0 Å². The summed E-state index contributed by atoms with van der Waals surface area (Å²) in [7, 11) is 1.69. The molecule has 1 fully saturated rings. The Balaban J connectivity index is 1.52. The molecule has 1 aromatic carbocycles. The lowest BCUT2D eigenvalue weighted by Crippen LogP contribution is -2.42. The molecule has 0 spiro atoms. The number of aromatic nitrogens is 2. The van der Waals surface area contributed by atoms with E-state index in [1.807, 2.05) is 24.3 Å². The number of rotatable bonds is 5. The van der Waals surface area contributed by atoms with Crippen molar-refractivity contribution in [2.45, 2.75) is 25.4 Å². The molecular weight excluding hydrogens is 312 g/mol. The molecule has 0 atom stereocenters. The molecule has 0 saturated carbocycles. The molecule has 1 N–H and O–H groups in total. The Morgan fingerprint density at radius 3 is 2.70 bits per heavy atom. The number of hydrogen-bond donors (Lipinski definition) is 1. The van der Waals surface area contributed by atoms with Crippen molar-refractivity contribution in [2.75, 3.05) is 25.1 Å². The minimum Gasteiger partial charge on any atom is -0.496 e. The van der Waals surface area contributed by atoms with Crippen molar-refractivity contribution in [2.24, 2.45) is 0 Å². The topological polar surface area (TPSA) is 50.3 Å². The Labute approximate surface area is 141 Å². The molecule has 1 aromatic heterocycles. The first-order valence-corrected chi connectivity index (χ1v) is 8.22. The number of methoxy groups -OCH3 is 1. The maximum absolute atomic E-state index is 6.08. The zero-order chi connectivity index (χ0) is 16.1. The van der Waals surface area contributed by atoms with Gasteiger partial charge in [-0.2, -0.15) is 0 Å². The molecule has 3 rings (SSSR count). The van der Waals surface area contributed by atoms with Crippen molar-refractivity contribution in [3.63, 3.8) is 0 Å². The van der Waals surface area contributed by atoms with E-state index in [9.17, 15) is 0 Å². The molecule has 0 radical (unpaired) electrons. The third-order valence-corrected chi connectivity index (χ3v) is 4.39. The van der Waals surface area contributed by atoms with Gasteiger partial charge in [-0.1, -0.05) is 11.6 Å². The first-order chi connectivity index (χ1) is 11.3. The highest BCUT2D eigenvalue weighted by molar-refractivity contribution is 6.30. The van der Waals surface area contributed by atoms with E-state index in [2.05, 4.69) is 20.2 Å². The second-order valence-electron chi connectivity index (χ2n) is 5.65. The van der Waals surface area contributed by atoms with Gasteiger partial charge in [0.25, 0.3) is 0 Å². The summed E-state index contributed by atoms with van der Waals surface area (Å²) in [6.45, 7) is 2.69. The Bertz CT molecular complexity index is 630. The Hall–Kier alpha value is -1.85. The van der Waals surface area contributed by atoms with Gasteiger partial charge in [0.1, 0.15) is 5.75 Å². The van der Waals surface area contributed by atoms with Crippen LogP contribution in [0.1, 0.15) is 18.4 Å². The SMILES string of the molecule is COc1ccc(Cl)cc1CNC1CCN(c2ncccn2)CC1. The number of anilines is 1. The van der Waals surface area contributed by atoms with Gasteiger partial charge in [-0.15, -0.1) is 0 Å². The molecule has 0 aliphatic carbocycles. The van der Waals surface area contributed by atoms with Gasteiger partial charge in [-0.25, -0.2) is 9.97 Å². The molecule has 2 aromatic rings. The summed E-state index contributed by atoms with van der Waals surface area (Å²) in [4.78, 5) is 10.9. The van der Waals surface area contributed by atoms with Crippen molar-refractivity contribution in [1.29, 1.82) is 0 Å². The highest BCUT2D eigenvalue weighted by Crippen LogP contribution is 2.23. The maximum atomic E-state index is 6.08. The van der Waals surface area contributed by atoms with Crippen molar-refractivity contribution < 1.29 is 4.74 Å². The molecule has 2 heterocycles. The normalized spacial score (nSPS) is 15.7. The van der Waals surface area contributed by atoms with Crippen LogP contribution in [0.2, 0.25) is 5.02 Å². The smallest absolute Gasteiger partial charge is 0.225 e. The molecule has 1 aliphatic heterocycles. The number of piperidine rings is 1. The lowest BCUT2D eigenvalue weighted by Gasteiger charge is -2.32. The van der Waals surface area contributed by atoms with E-state index in [4.69, 9.17) is 16.3 Å². The van der Waals surface area contributed by atoms with E-state index in [-0.39, 0.29) is 0 Å². The van der Waals surface area contributed by atoms with Crippen LogP contribution in [0.4, 0.5) is 5.95 Å². The van der Waals surface area contributed by atoms with Crippen molar-refractivity contribution in [3.8, 4) is 5.75 Å². The lowest BCUT2D eigenvalue weighted by atomic mass is 10.0. The highest BCUT2D eigenvalue weighted by Gasteiger charge is 2.20. The second kappa shape index (κ2) is 7.62. The summed E-state index contributed by atoms with van der Waals surface area (Å²) in [5, 5.41) is 4.34. The number of halogens is 1. The average molecular weight is 333 g/mol. The maximum Gasteiger partial charge on any atom is 0.225 e. The largest absolute Gasteiger partial charge is 0.496 e. The van der Waals surface area contributed by atoms with E-state index in [1.54, 1.807) is 19.5 Å². The van der Waals surface area contributed by atoms with Crippen molar-refractivity contribution in [3.05, 3.63) is 47.2 Å². The van der Waals surface area contributed by atoms with Gasteiger partial charge >= 0.3 is 0 Å². The molecule has 5 nitrogen and oxygen atoms in total. The van der Waals surface area contributed by atoms with Crippen LogP contribution in [0.15, 0.2) is 36.7 Å². The number of nitrogens with one attached hydrogen (secondary N) is 1. The summed E-state index contributed by atoms with van der Waals surface area (Å²) in [5.74, 6) is 1.69. The van der Waals surface area contributed by atoms with Crippen LogP contribution in [0.5, 0.6) is 5.75 Å². The van der Waals surface area contributed by atoms with E-state index >= 15 is 0 Å². The van der Waals surface area contributed by atoms with Crippen LogP contribution in [0.25, 0.3) is 0 Å². The highest BCUT2D eigenvalue weighted by atomic mass is 35.5. The fourth-order valence-corrected chi connectivity index (χ4v) is 3.07. The van der Waals surface area contributed by atoms with Crippen LogP contribution >= 0.6 is 11.6 Å². The Kier molecular flexibility index (Phi) is 5.31. The lowest BCUT2D eigenvalue weighted by molar-refractivity contribution is 0.390. The second-order valence-corrected chi connectivity index (χ2v) is 6.08. The predicted octanol–water partition coefficient (Wildman–Crippen LogP) is 2.90. The van der Waals surface area contributed by atoms with Gasteiger partial charge in [0, 0.05) is 48.7 Å². The van der Waals surface area contributed by atoms with E-state index in [0.717, 1.165) is 54.8 Å². The van der Waals surface area contributed by atoms with Crippen LogP contribution in [-0.2, 0) is 6.54 Å². The van der Waals surface area contributed by atoms with E-state index < -0.39 is 0 Å². The number of benzene rings is 1. The zero-order valence-corrected chi connectivity index (χ0v) is 14.0. The van der Waals surface area contributed by atoms with E-state index in [1.165, 1.54) is 0 Å². The van der Waals surface area contributed by atoms with Crippen LogP contribution in [0, 0.1) is 0 Å². The summed E-state index contributed by atoms with van der Waals surface area (Å²) in [6, 6.07) is 8.05. The van der Waals surface area contributed by atoms with Gasteiger partial charge in [-0.05, 0) is 37.1 Å². The van der Waals surface area contributed by atoms with Gasteiger partial charge in [0.2, 0.25) is 5.95 Å². The molecule has 0 amide bonds. The minimum atomic E-state index is 0.485. The first kappa shape index (κ1) is 16.0. The van der Waals surface area contributed by atoms with Gasteiger partial charge < -0.3 is 15.0 Å². The molecule has 1 aliphatic rings. The summed E-state index contributed by atoms with van der Waals surface area (Å²) < 4.78 is 5.39. The predicted molar refractivity (Wildman–Crippen MR) is 92.1 cm³/mol. The number of hydrogen-bond acceptors (Lipinski definition) is 5. The molecule has 122 valence electrons. The number of ether oxygens (including phenoxy) is 1. The molecular formula is C17H21ClN4O. The number of nitrogens with zero attached hydrogens (tertiary/aromatic N) is 3. The third kappa shape index (κ3) is 4.12. The summed E-state index contributed by atoms with van der Waals surface area (Å²) in [6.07, 6.45) is 5.72. The van der Waals surface area contributed by atoms with Crippen LogP contribution in [0.3, 0.4) is 0 Å². The Morgan fingerprint density at radius 1 is 1.26 bits per heavy atom. The van der Waals surface area contributed by atoms with Crippen molar-refractivity contribution >= 4 is 17.5 Å². The standard InChI is InChI=1S/C17H21ClN4O/c1-23-16-4-3-14(18)11-13(16)12-21-15-5-9-22(10-6-15)17-19-7-2-8-20-17/h2-4,7-8,11,15,21H,5-6,9-10,12H2,1H3. The monoisotopic (exact) mass is 332 g/mol. The van der Waals surface area contributed by atoms with Gasteiger partial charge in [0.15, 0.2) is 0 Å². The fourth-order valence-electron chi connectivity index (χ4n) is 2.88. The fraction of sp³-hybridized carbons (Fsp3) is 0.412. The summed E-state index contributed by atoms with van der Waals surface area (Å²) >= 11 is 6.08. The minimum absolute atomic E-state index is 0.485. The Morgan fingerprint density at radius 2 is 2.00 bits per heavy atom. The molecule has 0 bridgehead atoms. The molecule has 6 heteroatoms. The average Bonchev–Trinajstić information content (AvgIpc) is 2.61. The third-order valence-electron chi connectivity index (χ3n) is 4.15. The molecule has 0 unspecified atom stereocenters. The molecule has 1 saturated heterocycles. The zero-order valence-electron chi connectivity index (χ0n) is 13.2. The van der Waals surface area contributed by atoms with Gasteiger partial charge in [-0.3, -0.25) is 0 Å². The van der Waals surface area contributed by atoms with Gasteiger partial charge in [0.05, 0.1) is 7.11 Å².